The highest BCUT2D eigenvalue weighted by molar-refractivity contribution is 7.88. The van der Waals surface area contributed by atoms with Crippen molar-refractivity contribution in [2.45, 2.75) is 31.7 Å². The van der Waals surface area contributed by atoms with Gasteiger partial charge in [-0.2, -0.15) is 5.26 Å². The molecule has 0 saturated carbocycles. The van der Waals surface area contributed by atoms with Gasteiger partial charge in [-0.15, -0.1) is 0 Å². The molecular weight excluding hydrogens is 396 g/mol. The Balaban J connectivity index is 1.50. The summed E-state index contributed by atoms with van der Waals surface area (Å²) in [4.78, 5) is 0. The molecule has 1 saturated heterocycles. The lowest BCUT2D eigenvalue weighted by Gasteiger charge is -2.31. The van der Waals surface area contributed by atoms with Crippen LogP contribution in [0.5, 0.6) is 0 Å². The number of nitrogens with one attached hydrogen (secondary N) is 2. The second-order valence-electron chi connectivity index (χ2n) is 8.32. The fourth-order valence-corrected chi connectivity index (χ4v) is 5.31. The predicted octanol–water partition coefficient (Wildman–Crippen LogP) is 3.34. The van der Waals surface area contributed by atoms with Crippen molar-refractivity contribution in [1.29, 1.82) is 5.26 Å². The van der Waals surface area contributed by atoms with Crippen LogP contribution in [-0.4, -0.2) is 38.6 Å². The van der Waals surface area contributed by atoms with Crippen LogP contribution >= 0.6 is 0 Å². The fourth-order valence-electron chi connectivity index (χ4n) is 4.43. The van der Waals surface area contributed by atoms with Gasteiger partial charge < -0.3 is 10.6 Å². The first-order valence-electron chi connectivity index (χ1n) is 10.5. The number of anilines is 1. The maximum atomic E-state index is 11.7. The zero-order valence-electron chi connectivity index (χ0n) is 17.3. The molecule has 2 heterocycles. The van der Waals surface area contributed by atoms with Gasteiger partial charge in [0.15, 0.2) is 0 Å². The van der Waals surface area contributed by atoms with Gasteiger partial charge in [-0.1, -0.05) is 18.2 Å². The third kappa shape index (κ3) is 4.61. The Morgan fingerprint density at radius 2 is 2.07 bits per heavy atom. The molecule has 2 aliphatic heterocycles. The van der Waals surface area contributed by atoms with Crippen molar-refractivity contribution in [2.24, 2.45) is 5.92 Å². The minimum absolute atomic E-state index is 0.205. The second-order valence-corrected chi connectivity index (χ2v) is 10.3. The van der Waals surface area contributed by atoms with Gasteiger partial charge in [-0.25, -0.2) is 12.7 Å². The van der Waals surface area contributed by atoms with Crippen LogP contribution in [0.1, 0.15) is 41.9 Å². The fraction of sp³-hybridized carbons (Fsp3) is 0.435. The second kappa shape index (κ2) is 8.66. The average molecular weight is 425 g/mol. The molecule has 0 radical (unpaired) electrons. The molecule has 158 valence electrons. The highest BCUT2D eigenvalue weighted by Gasteiger charge is 2.25. The Labute approximate surface area is 179 Å². The van der Waals surface area contributed by atoms with E-state index < -0.39 is 10.0 Å². The monoisotopic (exact) mass is 424 g/mol. The third-order valence-corrected chi connectivity index (χ3v) is 7.52. The molecule has 6 nitrogen and oxygen atoms in total. The number of piperidine rings is 1. The Morgan fingerprint density at radius 3 is 2.80 bits per heavy atom. The van der Waals surface area contributed by atoms with E-state index in [-0.39, 0.29) is 5.92 Å². The molecule has 7 heteroatoms. The molecule has 1 fully saturated rings. The molecule has 4 rings (SSSR count). The van der Waals surface area contributed by atoms with Gasteiger partial charge in [0.2, 0.25) is 10.0 Å². The van der Waals surface area contributed by atoms with Crippen molar-refractivity contribution in [2.75, 3.05) is 31.2 Å². The number of hydrogen-bond acceptors (Lipinski definition) is 5. The molecule has 0 spiro atoms. The molecule has 0 aromatic heterocycles. The smallest absolute Gasteiger partial charge is 0.211 e. The van der Waals surface area contributed by atoms with Crippen LogP contribution in [0.15, 0.2) is 42.1 Å². The Bertz CT molecular complexity index is 1040. The SMILES string of the molecule is CS(=O)(=O)N1CCC(CNc2cc(C3C=C(C#N)C=CC3)cc3c2CNC=C3)CC1. The van der Waals surface area contributed by atoms with E-state index in [0.29, 0.717) is 24.6 Å². The van der Waals surface area contributed by atoms with Gasteiger partial charge >= 0.3 is 0 Å². The molecule has 2 N–H and O–H groups in total. The molecule has 1 aliphatic carbocycles. The first-order chi connectivity index (χ1) is 14.4. The predicted molar refractivity (Wildman–Crippen MR) is 120 cm³/mol. The summed E-state index contributed by atoms with van der Waals surface area (Å²) in [6.07, 6.45) is 14.0. The number of fused-ring (bicyclic) bond motifs is 1. The van der Waals surface area contributed by atoms with E-state index in [2.05, 4.69) is 47.1 Å². The Hall–Kier alpha value is -2.56. The van der Waals surface area contributed by atoms with Crippen molar-refractivity contribution in [3.63, 3.8) is 0 Å². The first kappa shape index (κ1) is 20.7. The van der Waals surface area contributed by atoms with E-state index in [0.717, 1.165) is 38.0 Å². The quantitative estimate of drug-likeness (QED) is 0.757. The summed E-state index contributed by atoms with van der Waals surface area (Å²) in [7, 11) is -3.09. The van der Waals surface area contributed by atoms with Gasteiger partial charge in [-0.3, -0.25) is 0 Å². The Morgan fingerprint density at radius 1 is 1.27 bits per heavy atom. The van der Waals surface area contributed by atoms with Crippen molar-refractivity contribution in [3.8, 4) is 6.07 Å². The van der Waals surface area contributed by atoms with Gasteiger partial charge in [0, 0.05) is 48.9 Å². The number of benzene rings is 1. The number of hydrogen-bond donors (Lipinski definition) is 2. The zero-order chi connectivity index (χ0) is 21.1. The highest BCUT2D eigenvalue weighted by Crippen LogP contribution is 2.34. The third-order valence-electron chi connectivity index (χ3n) is 6.22. The molecule has 1 atom stereocenters. The molecule has 30 heavy (non-hydrogen) atoms. The minimum Gasteiger partial charge on any atom is -0.387 e. The summed E-state index contributed by atoms with van der Waals surface area (Å²) in [6, 6.07) is 6.71. The van der Waals surface area contributed by atoms with E-state index in [9.17, 15) is 13.7 Å². The van der Waals surface area contributed by atoms with Crippen molar-refractivity contribution < 1.29 is 8.42 Å². The first-order valence-corrected chi connectivity index (χ1v) is 12.3. The van der Waals surface area contributed by atoms with Crippen molar-refractivity contribution >= 4 is 21.8 Å². The van der Waals surface area contributed by atoms with Crippen molar-refractivity contribution in [1.82, 2.24) is 9.62 Å². The van der Waals surface area contributed by atoms with E-state index >= 15 is 0 Å². The minimum atomic E-state index is -3.09. The average Bonchev–Trinajstić information content (AvgIpc) is 2.77. The van der Waals surface area contributed by atoms with Crippen LogP contribution in [0.25, 0.3) is 6.08 Å². The number of sulfonamides is 1. The van der Waals surface area contributed by atoms with Crippen LogP contribution < -0.4 is 10.6 Å². The molecule has 1 aromatic rings. The van der Waals surface area contributed by atoms with Crippen LogP contribution in [-0.2, 0) is 16.6 Å². The standard InChI is InChI=1S/C23H28N4O2S/c1-30(28,29)27-9-6-17(7-10-27)15-26-23-13-21(12-20-5-8-25-16-22(20)23)19-4-2-3-18(11-19)14-24/h2-3,5,8,11-13,17,19,25-26H,4,6-7,9-10,15-16H2,1H3. The molecule has 0 amide bonds. The van der Waals surface area contributed by atoms with Gasteiger partial charge in [0.25, 0.3) is 0 Å². The summed E-state index contributed by atoms with van der Waals surface area (Å²) >= 11 is 0. The number of nitrogens with zero attached hydrogens (tertiary/aromatic N) is 2. The molecular formula is C23H28N4O2S. The summed E-state index contributed by atoms with van der Waals surface area (Å²) in [5, 5.41) is 16.2. The molecule has 3 aliphatic rings. The summed E-state index contributed by atoms with van der Waals surface area (Å²) in [6.45, 7) is 2.82. The largest absolute Gasteiger partial charge is 0.387 e. The molecule has 1 unspecified atom stereocenters. The lowest BCUT2D eigenvalue weighted by atomic mass is 9.87. The molecule has 1 aromatic carbocycles. The summed E-state index contributed by atoms with van der Waals surface area (Å²) in [5.74, 6) is 0.661. The van der Waals surface area contributed by atoms with Crippen LogP contribution in [0.2, 0.25) is 0 Å². The number of nitriles is 1. The highest BCUT2D eigenvalue weighted by atomic mass is 32.2. The van der Waals surface area contributed by atoms with Gasteiger partial charge in [0.05, 0.1) is 12.3 Å². The maximum absolute atomic E-state index is 11.7. The lowest BCUT2D eigenvalue weighted by molar-refractivity contribution is 0.283. The van der Waals surface area contributed by atoms with E-state index in [1.54, 1.807) is 4.31 Å². The van der Waals surface area contributed by atoms with Crippen molar-refractivity contribution in [3.05, 3.63) is 58.8 Å². The topological polar surface area (TPSA) is 85.2 Å². The van der Waals surface area contributed by atoms with Crippen LogP contribution in [0.3, 0.4) is 0 Å². The maximum Gasteiger partial charge on any atom is 0.211 e. The summed E-state index contributed by atoms with van der Waals surface area (Å²) < 4.78 is 25.0. The molecule has 0 bridgehead atoms. The number of allylic oxidation sites excluding steroid dienone is 4. The normalized spacial score (nSPS) is 22.0. The lowest BCUT2D eigenvalue weighted by Crippen LogP contribution is -2.39. The summed E-state index contributed by atoms with van der Waals surface area (Å²) in [5.41, 5.74) is 5.53. The van der Waals surface area contributed by atoms with Gasteiger partial charge in [-0.05, 0) is 60.7 Å². The van der Waals surface area contributed by atoms with E-state index in [1.807, 2.05) is 12.3 Å². The van der Waals surface area contributed by atoms with E-state index in [4.69, 9.17) is 0 Å². The number of rotatable bonds is 5. The van der Waals surface area contributed by atoms with Crippen LogP contribution in [0, 0.1) is 17.2 Å². The Kier molecular flexibility index (Phi) is 5.98. The van der Waals surface area contributed by atoms with E-state index in [1.165, 1.54) is 22.9 Å². The zero-order valence-corrected chi connectivity index (χ0v) is 18.1. The van der Waals surface area contributed by atoms with Crippen LogP contribution in [0.4, 0.5) is 5.69 Å². The van der Waals surface area contributed by atoms with Gasteiger partial charge in [0.1, 0.15) is 0 Å².